The summed E-state index contributed by atoms with van der Waals surface area (Å²) in [5, 5.41) is 8.50. The highest BCUT2D eigenvalue weighted by molar-refractivity contribution is 5.90. The van der Waals surface area contributed by atoms with Crippen LogP contribution in [-0.2, 0) is 4.74 Å². The van der Waals surface area contributed by atoms with Crippen LogP contribution in [0.5, 0.6) is 0 Å². The summed E-state index contributed by atoms with van der Waals surface area (Å²) in [5.41, 5.74) is 4.51. The average molecular weight is 245 g/mol. The Morgan fingerprint density at radius 3 is 2.65 bits per heavy atom. The predicted molar refractivity (Wildman–Crippen MR) is 57.4 cm³/mol. The molecule has 94 valence electrons. The van der Waals surface area contributed by atoms with Gasteiger partial charge >= 0.3 is 5.97 Å². The van der Waals surface area contributed by atoms with E-state index in [1.165, 1.54) is 0 Å². The molecular weight excluding hydrogens is 232 g/mol. The number of halogens is 2. The van der Waals surface area contributed by atoms with E-state index in [1.807, 2.05) is 0 Å². The molecule has 17 heavy (non-hydrogen) atoms. The molecule has 6 heteroatoms. The molecule has 4 nitrogen and oxygen atoms in total. The molecule has 0 radical (unpaired) electrons. The van der Waals surface area contributed by atoms with Gasteiger partial charge in [0, 0.05) is 12.7 Å². The van der Waals surface area contributed by atoms with Gasteiger partial charge in [-0.05, 0) is 18.9 Å². The highest BCUT2D eigenvalue weighted by atomic mass is 19.1. The van der Waals surface area contributed by atoms with Crippen molar-refractivity contribution in [2.45, 2.75) is 12.8 Å². The third-order valence-corrected chi connectivity index (χ3v) is 2.09. The summed E-state index contributed by atoms with van der Waals surface area (Å²) >= 11 is 0. The fourth-order valence-corrected chi connectivity index (χ4v) is 1.18. The van der Waals surface area contributed by atoms with Crippen molar-refractivity contribution in [2.75, 3.05) is 18.9 Å². The molecule has 0 aliphatic heterocycles. The summed E-state index contributed by atoms with van der Waals surface area (Å²) in [5.74, 6) is -2.82. The van der Waals surface area contributed by atoms with E-state index in [4.69, 9.17) is 15.6 Å². The number of rotatable bonds is 5. The van der Waals surface area contributed by atoms with E-state index in [9.17, 15) is 13.6 Å². The number of aliphatic hydroxyl groups is 1. The lowest BCUT2D eigenvalue weighted by atomic mass is 10.2. The highest BCUT2D eigenvalue weighted by Crippen LogP contribution is 2.17. The maximum Gasteiger partial charge on any atom is 0.341 e. The smallest absolute Gasteiger partial charge is 0.341 e. The molecule has 0 amide bonds. The molecule has 1 aromatic rings. The second-order valence-electron chi connectivity index (χ2n) is 3.42. The molecule has 0 aromatic heterocycles. The van der Waals surface area contributed by atoms with Crippen LogP contribution in [0.25, 0.3) is 0 Å². The van der Waals surface area contributed by atoms with Gasteiger partial charge in [0.15, 0.2) is 0 Å². The zero-order valence-electron chi connectivity index (χ0n) is 9.08. The lowest BCUT2D eigenvalue weighted by Crippen LogP contribution is -2.10. The molecule has 0 heterocycles. The number of ether oxygens (including phenoxy) is 1. The minimum Gasteiger partial charge on any atom is -0.462 e. The maximum absolute atomic E-state index is 13.2. The summed E-state index contributed by atoms with van der Waals surface area (Å²) in [6.45, 7) is 0.0610. The first-order valence-corrected chi connectivity index (χ1v) is 5.08. The minimum absolute atomic E-state index is 0.00456. The molecule has 0 unspecified atom stereocenters. The zero-order valence-corrected chi connectivity index (χ0v) is 9.08. The highest BCUT2D eigenvalue weighted by Gasteiger charge is 2.16. The van der Waals surface area contributed by atoms with E-state index in [1.54, 1.807) is 0 Å². The Balaban J connectivity index is 2.66. The molecule has 0 saturated carbocycles. The van der Waals surface area contributed by atoms with E-state index in [0.717, 1.165) is 6.07 Å². The van der Waals surface area contributed by atoms with E-state index in [2.05, 4.69) is 0 Å². The van der Waals surface area contributed by atoms with Crippen molar-refractivity contribution in [3.63, 3.8) is 0 Å². The average Bonchev–Trinajstić information content (AvgIpc) is 2.29. The van der Waals surface area contributed by atoms with E-state index in [-0.39, 0.29) is 18.9 Å². The van der Waals surface area contributed by atoms with Gasteiger partial charge in [-0.25, -0.2) is 13.6 Å². The molecule has 0 fully saturated rings. The van der Waals surface area contributed by atoms with Crippen LogP contribution in [-0.4, -0.2) is 24.3 Å². The van der Waals surface area contributed by atoms with Crippen LogP contribution in [0.3, 0.4) is 0 Å². The van der Waals surface area contributed by atoms with Gasteiger partial charge in [-0.3, -0.25) is 0 Å². The molecule has 0 aliphatic rings. The number of esters is 1. The van der Waals surface area contributed by atoms with Gasteiger partial charge in [-0.1, -0.05) is 0 Å². The van der Waals surface area contributed by atoms with Gasteiger partial charge in [0.05, 0.1) is 17.9 Å². The van der Waals surface area contributed by atoms with Crippen LogP contribution < -0.4 is 5.73 Å². The van der Waals surface area contributed by atoms with Crippen molar-refractivity contribution >= 4 is 11.7 Å². The summed E-state index contributed by atoms with van der Waals surface area (Å²) in [7, 11) is 0. The van der Waals surface area contributed by atoms with E-state index < -0.39 is 23.2 Å². The molecule has 1 rings (SSSR count). The number of carbonyl (C=O) groups is 1. The van der Waals surface area contributed by atoms with Crippen LogP contribution in [0, 0.1) is 11.6 Å². The van der Waals surface area contributed by atoms with Crippen molar-refractivity contribution < 1.29 is 23.4 Å². The number of hydrogen-bond acceptors (Lipinski definition) is 4. The Bertz CT molecular complexity index is 410. The predicted octanol–water partition coefficient (Wildman–Crippen LogP) is 1.48. The van der Waals surface area contributed by atoms with Gasteiger partial charge in [0.25, 0.3) is 0 Å². The fraction of sp³-hybridized carbons (Fsp3) is 0.364. The third-order valence-electron chi connectivity index (χ3n) is 2.09. The molecule has 0 bridgehead atoms. The number of anilines is 1. The largest absolute Gasteiger partial charge is 0.462 e. The van der Waals surface area contributed by atoms with Crippen molar-refractivity contribution in [2.24, 2.45) is 0 Å². The Morgan fingerprint density at radius 1 is 1.29 bits per heavy atom. The lowest BCUT2D eigenvalue weighted by Gasteiger charge is -2.06. The minimum atomic E-state index is -1.01. The topological polar surface area (TPSA) is 72.6 Å². The number of nitrogen functional groups attached to an aromatic ring is 1. The fourth-order valence-electron chi connectivity index (χ4n) is 1.18. The number of benzene rings is 1. The molecule has 0 aliphatic carbocycles. The van der Waals surface area contributed by atoms with Gasteiger partial charge in [-0.15, -0.1) is 0 Å². The normalized spacial score (nSPS) is 10.3. The number of aliphatic hydroxyl groups excluding tert-OH is 1. The molecular formula is C11H13F2NO3. The number of carbonyl (C=O) groups excluding carboxylic acids is 1. The Morgan fingerprint density at radius 2 is 2.00 bits per heavy atom. The summed E-state index contributed by atoms with van der Waals surface area (Å²) in [6.07, 6.45) is 0.960. The quantitative estimate of drug-likeness (QED) is 0.468. The van der Waals surface area contributed by atoms with Crippen LogP contribution in [0.15, 0.2) is 12.1 Å². The lowest BCUT2D eigenvalue weighted by molar-refractivity contribution is 0.0487. The van der Waals surface area contributed by atoms with Crippen LogP contribution in [0.1, 0.15) is 23.2 Å². The van der Waals surface area contributed by atoms with Gasteiger partial charge < -0.3 is 15.6 Å². The molecule has 3 N–H and O–H groups in total. The molecule has 1 aromatic carbocycles. The monoisotopic (exact) mass is 245 g/mol. The van der Waals surface area contributed by atoms with Gasteiger partial charge in [-0.2, -0.15) is 0 Å². The van der Waals surface area contributed by atoms with E-state index in [0.29, 0.717) is 18.9 Å². The third kappa shape index (κ3) is 3.67. The standard InChI is InChI=1S/C11H13F2NO3/c12-8-6-9(13)10(14)5-7(8)11(16)17-4-2-1-3-15/h5-6,15H,1-4,14H2. The Hall–Kier alpha value is -1.69. The van der Waals surface area contributed by atoms with E-state index >= 15 is 0 Å². The second-order valence-corrected chi connectivity index (χ2v) is 3.42. The van der Waals surface area contributed by atoms with Crippen LogP contribution in [0.4, 0.5) is 14.5 Å². The van der Waals surface area contributed by atoms with Gasteiger partial charge in [0.2, 0.25) is 0 Å². The second kappa shape index (κ2) is 6.15. The Kier molecular flexibility index (Phi) is 4.84. The SMILES string of the molecule is Nc1cc(C(=O)OCCCCO)c(F)cc1F. The summed E-state index contributed by atoms with van der Waals surface area (Å²) in [4.78, 5) is 11.4. The van der Waals surface area contributed by atoms with Gasteiger partial charge in [0.1, 0.15) is 11.6 Å². The van der Waals surface area contributed by atoms with Crippen molar-refractivity contribution in [1.82, 2.24) is 0 Å². The maximum atomic E-state index is 13.2. The van der Waals surface area contributed by atoms with Crippen LogP contribution >= 0.6 is 0 Å². The Labute approximate surface area is 97.0 Å². The van der Waals surface area contributed by atoms with Crippen LogP contribution in [0.2, 0.25) is 0 Å². The molecule has 0 saturated heterocycles. The number of hydrogen-bond donors (Lipinski definition) is 2. The first-order chi connectivity index (χ1) is 8.06. The number of unbranched alkanes of at least 4 members (excludes halogenated alkanes) is 1. The zero-order chi connectivity index (χ0) is 12.8. The first kappa shape index (κ1) is 13.4. The van der Waals surface area contributed by atoms with Crippen molar-refractivity contribution in [3.05, 3.63) is 29.3 Å². The summed E-state index contributed by atoms with van der Waals surface area (Å²) in [6, 6.07) is 1.44. The molecule has 0 atom stereocenters. The molecule has 0 spiro atoms. The number of nitrogens with two attached hydrogens (primary N) is 1. The van der Waals surface area contributed by atoms with Crippen molar-refractivity contribution in [3.8, 4) is 0 Å². The summed E-state index contributed by atoms with van der Waals surface area (Å²) < 4.78 is 30.8. The van der Waals surface area contributed by atoms with Crippen molar-refractivity contribution in [1.29, 1.82) is 0 Å². The first-order valence-electron chi connectivity index (χ1n) is 5.08.